The molecule has 0 aromatic carbocycles. The van der Waals surface area contributed by atoms with Crippen LogP contribution in [0.15, 0.2) is 0 Å². The normalized spacial score (nSPS) is 0.727. The Morgan fingerprint density at radius 3 is 0.455 bits per heavy atom. The average Bonchev–Trinajstić information content (AvgIpc) is 2.03. The van der Waals surface area contributed by atoms with Crippen LogP contribution in [-0.2, 0) is 27.3 Å². The molecule has 11 heavy (non-hydrogen) atoms. The van der Waals surface area contributed by atoms with E-state index >= 15 is 0 Å². The molecule has 0 unspecified atom stereocenters. The summed E-state index contributed by atoms with van der Waals surface area (Å²) in [5.74, 6) is 0. The van der Waals surface area contributed by atoms with E-state index in [9.17, 15) is 0 Å². The van der Waals surface area contributed by atoms with Crippen LogP contribution in [0.4, 0.5) is 0 Å². The molecule has 0 rings (SSSR count). The van der Waals surface area contributed by atoms with Gasteiger partial charge in [0.1, 0.15) is 0 Å². The molecule has 0 heterocycles. The van der Waals surface area contributed by atoms with Gasteiger partial charge in [0.25, 0.3) is 0 Å². The third kappa shape index (κ3) is 270. The number of hydrogen-bond donors (Lipinski definition) is 0. The zero-order chi connectivity index (χ0) is 8.00. The van der Waals surface area contributed by atoms with Crippen molar-refractivity contribution in [3.8, 4) is 0 Å². The number of nitrogens with zero attached hydrogens (tertiary/aromatic N) is 4. The van der Waals surface area contributed by atoms with Gasteiger partial charge in [0, 0.05) is 0 Å². The van der Waals surface area contributed by atoms with E-state index in [-0.39, 0.29) is 130 Å². The van der Waals surface area contributed by atoms with Crippen LogP contribution in [-0.4, -0.2) is 0 Å². The fourth-order valence-electron chi connectivity index (χ4n) is 0. The van der Waals surface area contributed by atoms with E-state index < -0.39 is 0 Å². The second-order valence-corrected chi connectivity index (χ2v) is 0. The molecular weight excluding hydrogens is 295 g/mol. The summed E-state index contributed by atoms with van der Waals surface area (Å²) in [7, 11) is 0. The van der Waals surface area contributed by atoms with Gasteiger partial charge in [-0.1, -0.05) is 0 Å². The van der Waals surface area contributed by atoms with Gasteiger partial charge in [-0.2, -0.15) is 0 Å². The first-order valence-electron chi connectivity index (χ1n) is 0.894. The SMILES string of the molecule is [C-]#N.[C-]#N.[C-]#N.[C-]#N.[Cd+2].[K+].[K+]. The Hall–Kier alpha value is 2.15. The topological polar surface area (TPSA) is 95.2 Å². The van der Waals surface area contributed by atoms with Crippen LogP contribution in [0.1, 0.15) is 0 Å². The van der Waals surface area contributed by atoms with Gasteiger partial charge in [0.2, 0.25) is 0 Å². The monoisotopic (exact) mass is 296 g/mol. The summed E-state index contributed by atoms with van der Waals surface area (Å²) < 4.78 is 0. The van der Waals surface area contributed by atoms with Crippen molar-refractivity contribution in [2.24, 2.45) is 0 Å². The molecule has 0 aromatic heterocycles. The smallest absolute Gasteiger partial charge is 0.512 e. The fraction of sp³-hybridized carbons (Fsp3) is 0. The van der Waals surface area contributed by atoms with Gasteiger partial charge in [0.15, 0.2) is 0 Å². The fourth-order valence-corrected chi connectivity index (χ4v) is 0. The summed E-state index contributed by atoms with van der Waals surface area (Å²) >= 11 is 0. The molecule has 0 aromatic rings. The van der Waals surface area contributed by atoms with Gasteiger partial charge in [-0.25, -0.2) is 0 Å². The molecule has 0 spiro atoms. The van der Waals surface area contributed by atoms with Crippen LogP contribution in [0.3, 0.4) is 0 Å². The second-order valence-electron chi connectivity index (χ2n) is 0. The summed E-state index contributed by atoms with van der Waals surface area (Å²) in [6.07, 6.45) is 0. The maximum absolute atomic E-state index is 6.25. The van der Waals surface area contributed by atoms with Crippen LogP contribution < -0.4 is 103 Å². The van der Waals surface area contributed by atoms with Crippen LogP contribution >= 0.6 is 0 Å². The maximum Gasteiger partial charge on any atom is 2.00 e. The van der Waals surface area contributed by atoms with Crippen LogP contribution in [0.5, 0.6) is 0 Å². The molecule has 0 N–H and O–H groups in total. The largest absolute Gasteiger partial charge is 2.00 e. The van der Waals surface area contributed by atoms with Crippen molar-refractivity contribution in [3.05, 3.63) is 26.3 Å². The van der Waals surface area contributed by atoms with Crippen molar-refractivity contribution in [3.63, 3.8) is 0 Å². The van der Waals surface area contributed by atoms with Crippen molar-refractivity contribution >= 4 is 0 Å². The van der Waals surface area contributed by atoms with Gasteiger partial charge in [0.05, 0.1) is 0 Å². The molecule has 0 fully saturated rings. The minimum atomic E-state index is 0. The van der Waals surface area contributed by atoms with Crippen LogP contribution in [0, 0.1) is 47.3 Å². The quantitative estimate of drug-likeness (QED) is 0.329. The third-order valence-corrected chi connectivity index (χ3v) is 0. The zero-order valence-corrected chi connectivity index (χ0v) is 16.8. The molecule has 4 nitrogen and oxygen atoms in total. The summed E-state index contributed by atoms with van der Waals surface area (Å²) in [5.41, 5.74) is 0. The summed E-state index contributed by atoms with van der Waals surface area (Å²) in [5, 5.41) is 25.0. The van der Waals surface area contributed by atoms with Crippen LogP contribution in [0.25, 0.3) is 0 Å². The molecule has 0 aliphatic heterocycles. The molecule has 40 valence electrons. The molecule has 0 saturated carbocycles. The molecule has 0 atom stereocenters. The Labute approximate surface area is 173 Å². The van der Waals surface area contributed by atoms with Crippen LogP contribution in [0.2, 0.25) is 0 Å². The summed E-state index contributed by atoms with van der Waals surface area (Å²) in [4.78, 5) is 0. The second kappa shape index (κ2) is 326. The molecule has 0 bridgehead atoms. The molecule has 0 amide bonds. The first kappa shape index (κ1) is 51.3. The minimum Gasteiger partial charge on any atom is -0.512 e. The first-order valence-corrected chi connectivity index (χ1v) is 0.894. The molecule has 0 radical (unpaired) electrons. The van der Waals surface area contributed by atoms with E-state index in [1.54, 1.807) is 0 Å². The number of rotatable bonds is 0. The van der Waals surface area contributed by atoms with E-state index in [1.165, 1.54) is 0 Å². The van der Waals surface area contributed by atoms with Gasteiger partial charge < -0.3 is 47.3 Å². The van der Waals surface area contributed by atoms with Crippen molar-refractivity contribution in [2.75, 3.05) is 0 Å². The number of hydrogen-bond acceptors (Lipinski definition) is 4. The van der Waals surface area contributed by atoms with Gasteiger partial charge in [-0.05, 0) is 0 Å². The van der Waals surface area contributed by atoms with E-state index in [2.05, 4.69) is 0 Å². The maximum atomic E-state index is 6.25. The Kier molecular flexibility index (Phi) is 1520. The zero-order valence-electron chi connectivity index (χ0n) is 6.50. The van der Waals surface area contributed by atoms with Crippen molar-refractivity contribution in [1.29, 1.82) is 21.0 Å². The predicted molar refractivity (Wildman–Crippen MR) is 19.9 cm³/mol. The summed E-state index contributed by atoms with van der Waals surface area (Å²) in [6, 6.07) is 0. The van der Waals surface area contributed by atoms with E-state index in [0.717, 1.165) is 0 Å². The van der Waals surface area contributed by atoms with E-state index in [4.69, 9.17) is 47.3 Å². The van der Waals surface area contributed by atoms with Crippen molar-refractivity contribution in [2.45, 2.75) is 0 Å². The summed E-state index contributed by atoms with van der Waals surface area (Å²) in [6.45, 7) is 19.0. The van der Waals surface area contributed by atoms with E-state index in [1.807, 2.05) is 0 Å². The van der Waals surface area contributed by atoms with Gasteiger partial charge in [-0.15, -0.1) is 0 Å². The van der Waals surface area contributed by atoms with Crippen molar-refractivity contribution < 1.29 is 130 Å². The first-order chi connectivity index (χ1) is 4.00. The molecule has 0 aliphatic rings. The van der Waals surface area contributed by atoms with Gasteiger partial charge in [-0.3, -0.25) is 0 Å². The Bertz CT molecular complexity index is 63.1. The third-order valence-electron chi connectivity index (χ3n) is 0. The molecule has 0 aliphatic carbocycles. The average molecular weight is 295 g/mol. The Balaban J connectivity index is -0.00000000356. The Morgan fingerprint density at radius 1 is 0.455 bits per heavy atom. The van der Waals surface area contributed by atoms with E-state index in [0.29, 0.717) is 0 Å². The van der Waals surface area contributed by atoms with Crippen molar-refractivity contribution in [1.82, 2.24) is 0 Å². The minimum absolute atomic E-state index is 0. The standard InChI is InChI=1S/4CN.Cd.2K/c4*1-2;;;/q4*-1;+2;2*+1. The molecular formula is C4CdK2N4. The predicted octanol–water partition coefficient (Wildman–Crippen LogP) is -5.61. The van der Waals surface area contributed by atoms with Gasteiger partial charge >= 0.3 is 130 Å². The molecule has 7 heteroatoms. The molecule has 0 saturated heterocycles. The Morgan fingerprint density at radius 2 is 0.455 bits per heavy atom.